The Labute approximate surface area is 117 Å². The summed E-state index contributed by atoms with van der Waals surface area (Å²) in [6.07, 6.45) is 3.28. The van der Waals surface area contributed by atoms with Crippen LogP contribution in [0.2, 0.25) is 0 Å². The summed E-state index contributed by atoms with van der Waals surface area (Å²) < 4.78 is 11.8. The molecule has 4 heteroatoms. The predicted molar refractivity (Wildman–Crippen MR) is 77.3 cm³/mol. The molecule has 2 fully saturated rings. The summed E-state index contributed by atoms with van der Waals surface area (Å²) in [4.78, 5) is 2.57. The van der Waals surface area contributed by atoms with Crippen LogP contribution < -0.4 is 5.73 Å². The highest BCUT2D eigenvalue weighted by molar-refractivity contribution is 5.00. The van der Waals surface area contributed by atoms with Crippen LogP contribution in [0, 0.1) is 0 Å². The first-order chi connectivity index (χ1) is 8.79. The van der Waals surface area contributed by atoms with Gasteiger partial charge in [0.2, 0.25) is 0 Å². The molecule has 0 aromatic carbocycles. The summed E-state index contributed by atoms with van der Waals surface area (Å²) in [6.45, 7) is 13.0. The van der Waals surface area contributed by atoms with Crippen LogP contribution >= 0.6 is 0 Å². The number of nitrogens with two attached hydrogens (primary N) is 1. The molecule has 2 saturated heterocycles. The highest BCUT2D eigenvalue weighted by Gasteiger charge is 2.46. The molecule has 0 saturated carbocycles. The van der Waals surface area contributed by atoms with Crippen molar-refractivity contribution in [3.8, 4) is 0 Å². The normalized spacial score (nSPS) is 35.8. The van der Waals surface area contributed by atoms with Gasteiger partial charge in [-0.3, -0.25) is 4.90 Å². The zero-order valence-electron chi connectivity index (χ0n) is 13.0. The summed E-state index contributed by atoms with van der Waals surface area (Å²) in [6, 6.07) is 0. The van der Waals surface area contributed by atoms with Crippen LogP contribution in [0.5, 0.6) is 0 Å². The van der Waals surface area contributed by atoms with Crippen molar-refractivity contribution in [1.82, 2.24) is 4.90 Å². The van der Waals surface area contributed by atoms with E-state index in [1.54, 1.807) is 0 Å². The Kier molecular flexibility index (Phi) is 4.26. The van der Waals surface area contributed by atoms with E-state index in [2.05, 4.69) is 32.6 Å². The first kappa shape index (κ1) is 15.2. The minimum atomic E-state index is -0.114. The Morgan fingerprint density at radius 2 is 1.63 bits per heavy atom. The lowest BCUT2D eigenvalue weighted by Gasteiger charge is -2.54. The topological polar surface area (TPSA) is 47.7 Å². The van der Waals surface area contributed by atoms with Gasteiger partial charge in [0.25, 0.3) is 0 Å². The van der Waals surface area contributed by atoms with E-state index in [9.17, 15) is 0 Å². The summed E-state index contributed by atoms with van der Waals surface area (Å²) in [7, 11) is 0. The van der Waals surface area contributed by atoms with E-state index in [1.165, 1.54) is 0 Å². The molecule has 0 bridgehead atoms. The van der Waals surface area contributed by atoms with Crippen molar-refractivity contribution in [1.29, 1.82) is 0 Å². The van der Waals surface area contributed by atoms with E-state index in [0.717, 1.165) is 45.6 Å². The predicted octanol–water partition coefficient (Wildman–Crippen LogP) is 1.77. The fourth-order valence-electron chi connectivity index (χ4n) is 3.77. The van der Waals surface area contributed by atoms with Gasteiger partial charge in [-0.1, -0.05) is 0 Å². The number of ether oxygens (including phenoxy) is 2. The van der Waals surface area contributed by atoms with E-state index in [0.29, 0.717) is 6.54 Å². The fourth-order valence-corrected chi connectivity index (χ4v) is 3.77. The number of nitrogens with zero attached hydrogens (tertiary/aromatic N) is 1. The van der Waals surface area contributed by atoms with Gasteiger partial charge in [0.15, 0.2) is 0 Å². The molecule has 2 aliphatic heterocycles. The van der Waals surface area contributed by atoms with E-state index >= 15 is 0 Å². The third-order valence-electron chi connectivity index (χ3n) is 4.39. The van der Waals surface area contributed by atoms with Gasteiger partial charge in [-0.15, -0.1) is 0 Å². The van der Waals surface area contributed by atoms with E-state index in [1.807, 2.05) is 0 Å². The van der Waals surface area contributed by atoms with E-state index in [-0.39, 0.29) is 16.7 Å². The molecule has 0 aliphatic carbocycles. The van der Waals surface area contributed by atoms with Crippen LogP contribution in [0.15, 0.2) is 0 Å². The zero-order valence-corrected chi connectivity index (χ0v) is 13.0. The Morgan fingerprint density at radius 3 is 2.21 bits per heavy atom. The molecule has 2 N–H and O–H groups in total. The van der Waals surface area contributed by atoms with Crippen LogP contribution in [0.25, 0.3) is 0 Å². The van der Waals surface area contributed by atoms with Gasteiger partial charge in [0, 0.05) is 38.4 Å². The molecular weight excluding hydrogens is 240 g/mol. The van der Waals surface area contributed by atoms with Crippen molar-refractivity contribution in [3.63, 3.8) is 0 Å². The van der Waals surface area contributed by atoms with Crippen molar-refractivity contribution in [2.75, 3.05) is 32.8 Å². The quantitative estimate of drug-likeness (QED) is 0.831. The average Bonchev–Trinajstić information content (AvgIpc) is 2.50. The molecule has 19 heavy (non-hydrogen) atoms. The number of hydrogen-bond acceptors (Lipinski definition) is 4. The van der Waals surface area contributed by atoms with Crippen molar-refractivity contribution >= 4 is 0 Å². The number of morpholine rings is 1. The van der Waals surface area contributed by atoms with Crippen LogP contribution in [-0.4, -0.2) is 54.5 Å². The maximum Gasteiger partial charge on any atom is 0.0761 e. The van der Waals surface area contributed by atoms with Crippen molar-refractivity contribution in [3.05, 3.63) is 0 Å². The molecular formula is C15H30N2O2. The summed E-state index contributed by atoms with van der Waals surface area (Å²) >= 11 is 0. The molecule has 2 rings (SSSR count). The van der Waals surface area contributed by atoms with Crippen molar-refractivity contribution in [2.45, 2.75) is 63.7 Å². The molecule has 0 radical (unpaired) electrons. The Bertz CT molecular complexity index is 291. The van der Waals surface area contributed by atoms with E-state index in [4.69, 9.17) is 15.2 Å². The molecule has 0 spiro atoms. The van der Waals surface area contributed by atoms with Gasteiger partial charge in [-0.25, -0.2) is 0 Å². The lowest BCUT2D eigenvalue weighted by Crippen LogP contribution is -2.66. The van der Waals surface area contributed by atoms with Gasteiger partial charge in [-0.05, 0) is 47.0 Å². The zero-order chi connectivity index (χ0) is 14.1. The summed E-state index contributed by atoms with van der Waals surface area (Å²) in [5, 5.41) is 0. The second kappa shape index (κ2) is 5.32. The molecule has 2 heterocycles. The third kappa shape index (κ3) is 3.48. The first-order valence-electron chi connectivity index (χ1n) is 7.52. The molecule has 0 amide bonds. The van der Waals surface area contributed by atoms with Gasteiger partial charge >= 0.3 is 0 Å². The number of hydrogen-bond donors (Lipinski definition) is 1. The van der Waals surface area contributed by atoms with Crippen LogP contribution in [0.4, 0.5) is 0 Å². The first-order valence-corrected chi connectivity index (χ1v) is 7.52. The van der Waals surface area contributed by atoms with Crippen molar-refractivity contribution in [2.24, 2.45) is 5.73 Å². The second-order valence-corrected chi connectivity index (χ2v) is 7.37. The van der Waals surface area contributed by atoms with Gasteiger partial charge in [0.05, 0.1) is 11.2 Å². The lowest BCUT2D eigenvalue weighted by atomic mass is 9.84. The minimum absolute atomic E-state index is 0.0921. The SMILES string of the molecule is CC1(C)CN(C2(CN)CCCOCC2)CC(C)(C)O1. The Balaban J connectivity index is 2.21. The van der Waals surface area contributed by atoms with E-state index < -0.39 is 0 Å². The molecule has 1 unspecified atom stereocenters. The standard InChI is InChI=1S/C15H30N2O2/c1-13(2)11-17(12-14(3,4)19-13)15(10-16)6-5-8-18-9-7-15/h5-12,16H2,1-4H3. The summed E-state index contributed by atoms with van der Waals surface area (Å²) in [5.41, 5.74) is 6.04. The summed E-state index contributed by atoms with van der Waals surface area (Å²) in [5.74, 6) is 0. The molecule has 4 nitrogen and oxygen atoms in total. The molecule has 0 aromatic heterocycles. The maximum atomic E-state index is 6.19. The fraction of sp³-hybridized carbons (Fsp3) is 1.00. The third-order valence-corrected chi connectivity index (χ3v) is 4.39. The highest BCUT2D eigenvalue weighted by atomic mass is 16.5. The largest absolute Gasteiger partial charge is 0.381 e. The Morgan fingerprint density at radius 1 is 1.00 bits per heavy atom. The van der Waals surface area contributed by atoms with Gasteiger partial charge in [-0.2, -0.15) is 0 Å². The molecule has 2 aliphatic rings. The van der Waals surface area contributed by atoms with Crippen LogP contribution in [-0.2, 0) is 9.47 Å². The second-order valence-electron chi connectivity index (χ2n) is 7.37. The monoisotopic (exact) mass is 270 g/mol. The molecule has 1 atom stereocenters. The average molecular weight is 270 g/mol. The number of rotatable bonds is 2. The van der Waals surface area contributed by atoms with Crippen LogP contribution in [0.3, 0.4) is 0 Å². The van der Waals surface area contributed by atoms with Crippen molar-refractivity contribution < 1.29 is 9.47 Å². The smallest absolute Gasteiger partial charge is 0.0761 e. The minimum Gasteiger partial charge on any atom is -0.381 e. The lowest BCUT2D eigenvalue weighted by molar-refractivity contribution is -0.200. The molecule has 112 valence electrons. The molecule has 0 aromatic rings. The van der Waals surface area contributed by atoms with Gasteiger partial charge < -0.3 is 15.2 Å². The Hall–Kier alpha value is -0.160. The van der Waals surface area contributed by atoms with Crippen LogP contribution in [0.1, 0.15) is 47.0 Å². The maximum absolute atomic E-state index is 6.19. The highest BCUT2D eigenvalue weighted by Crippen LogP contribution is 2.36. The van der Waals surface area contributed by atoms with Gasteiger partial charge in [0.1, 0.15) is 0 Å².